The second-order valence-corrected chi connectivity index (χ2v) is 8.65. The van der Waals surface area contributed by atoms with E-state index in [1.165, 1.54) is 11.0 Å². The van der Waals surface area contributed by atoms with Gasteiger partial charge in [0, 0.05) is 28.3 Å². The number of aryl methyl sites for hydroxylation is 1. The molecule has 1 aliphatic rings. The highest BCUT2D eigenvalue weighted by Crippen LogP contribution is 2.41. The molecule has 0 fully saturated rings. The number of amides is 1. The number of hydrogen-bond acceptors (Lipinski definition) is 3. The van der Waals surface area contributed by atoms with Crippen LogP contribution in [0.2, 0.25) is 0 Å². The Kier molecular flexibility index (Phi) is 5.08. The number of carbonyl (C=O) groups is 1. The second-order valence-electron chi connectivity index (χ2n) is 7.73. The van der Waals surface area contributed by atoms with E-state index in [9.17, 15) is 18.0 Å². The molecular formula is C24H16BrF3N4O. The number of rotatable bonds is 3. The molecule has 0 aliphatic carbocycles. The number of carbonyl (C=O) groups excluding carboxylic acids is 1. The van der Waals surface area contributed by atoms with E-state index in [4.69, 9.17) is 0 Å². The summed E-state index contributed by atoms with van der Waals surface area (Å²) >= 11 is 3.10. The third-order valence-electron chi connectivity index (χ3n) is 5.66. The number of nitrogens with zero attached hydrogens (tertiary/aromatic N) is 4. The number of benzene rings is 3. The maximum atomic E-state index is 13.6. The number of halogens is 4. The van der Waals surface area contributed by atoms with Crippen molar-refractivity contribution in [3.05, 3.63) is 88.2 Å². The molecule has 5 nitrogen and oxygen atoms in total. The van der Waals surface area contributed by atoms with Crippen molar-refractivity contribution in [1.82, 2.24) is 14.8 Å². The van der Waals surface area contributed by atoms with Gasteiger partial charge in [0.2, 0.25) is 0 Å². The van der Waals surface area contributed by atoms with Gasteiger partial charge in [0.05, 0.1) is 12.1 Å². The molecule has 0 spiro atoms. The summed E-state index contributed by atoms with van der Waals surface area (Å²) in [6.07, 6.45) is -2.94. The third-order valence-corrected chi connectivity index (χ3v) is 6.12. The van der Waals surface area contributed by atoms with Crippen molar-refractivity contribution < 1.29 is 18.0 Å². The average molecular weight is 513 g/mol. The lowest BCUT2D eigenvalue weighted by atomic mass is 9.98. The van der Waals surface area contributed by atoms with Crippen molar-refractivity contribution in [2.24, 2.45) is 7.05 Å². The van der Waals surface area contributed by atoms with Crippen LogP contribution >= 0.6 is 15.9 Å². The SMILES string of the molecule is Cn1cnnc1-c1ccccc1-c1cccc(N2Cc3c(cc(Br)cc3C(F)(F)F)C2=O)c1. The van der Waals surface area contributed by atoms with Crippen LogP contribution in [0.15, 0.2) is 71.5 Å². The summed E-state index contributed by atoms with van der Waals surface area (Å²) in [5, 5.41) is 8.14. The first-order valence-electron chi connectivity index (χ1n) is 9.99. The van der Waals surface area contributed by atoms with Gasteiger partial charge in [-0.25, -0.2) is 0 Å². The third kappa shape index (κ3) is 3.72. The normalized spacial score (nSPS) is 13.5. The highest BCUT2D eigenvalue weighted by molar-refractivity contribution is 9.10. The van der Waals surface area contributed by atoms with Gasteiger partial charge < -0.3 is 9.47 Å². The molecule has 0 saturated heterocycles. The summed E-state index contributed by atoms with van der Waals surface area (Å²) in [6.45, 7) is -0.148. The van der Waals surface area contributed by atoms with Crippen molar-refractivity contribution in [3.8, 4) is 22.5 Å². The number of hydrogen-bond donors (Lipinski definition) is 0. The van der Waals surface area contributed by atoms with E-state index >= 15 is 0 Å². The summed E-state index contributed by atoms with van der Waals surface area (Å²) in [5.41, 5.74) is 2.30. The van der Waals surface area contributed by atoms with Gasteiger partial charge in [-0.05, 0) is 41.0 Å². The van der Waals surface area contributed by atoms with Crippen LogP contribution < -0.4 is 4.90 Å². The predicted molar refractivity (Wildman–Crippen MR) is 122 cm³/mol. The maximum Gasteiger partial charge on any atom is 0.416 e. The molecule has 1 amide bonds. The van der Waals surface area contributed by atoms with Gasteiger partial charge in [-0.15, -0.1) is 10.2 Å². The van der Waals surface area contributed by atoms with Crippen LogP contribution in [0.4, 0.5) is 18.9 Å². The Labute approximate surface area is 195 Å². The van der Waals surface area contributed by atoms with Gasteiger partial charge in [-0.1, -0.05) is 52.3 Å². The Hall–Kier alpha value is -3.46. The first-order chi connectivity index (χ1) is 15.7. The molecule has 5 rings (SSSR count). The molecule has 1 aliphatic heterocycles. The van der Waals surface area contributed by atoms with Gasteiger partial charge in [-0.2, -0.15) is 13.2 Å². The smallest absolute Gasteiger partial charge is 0.317 e. The molecule has 0 saturated carbocycles. The minimum Gasteiger partial charge on any atom is -0.317 e. The minimum absolute atomic E-state index is 0.0133. The van der Waals surface area contributed by atoms with Crippen molar-refractivity contribution in [2.75, 3.05) is 4.90 Å². The van der Waals surface area contributed by atoms with E-state index in [1.54, 1.807) is 29.1 Å². The van der Waals surface area contributed by atoms with Gasteiger partial charge in [-0.3, -0.25) is 4.79 Å². The predicted octanol–water partition coefficient (Wildman–Crippen LogP) is 6.09. The summed E-state index contributed by atoms with van der Waals surface area (Å²) in [5.74, 6) is 0.218. The van der Waals surface area contributed by atoms with E-state index in [0.29, 0.717) is 11.5 Å². The maximum absolute atomic E-state index is 13.6. The summed E-state index contributed by atoms with van der Waals surface area (Å²) < 4.78 is 42.9. The molecule has 33 heavy (non-hydrogen) atoms. The first-order valence-corrected chi connectivity index (χ1v) is 10.8. The Morgan fingerprint density at radius 2 is 1.73 bits per heavy atom. The van der Waals surface area contributed by atoms with Gasteiger partial charge >= 0.3 is 6.18 Å². The van der Waals surface area contributed by atoms with E-state index in [1.807, 2.05) is 37.4 Å². The zero-order valence-corrected chi connectivity index (χ0v) is 18.9. The summed E-state index contributed by atoms with van der Waals surface area (Å²) in [7, 11) is 1.85. The molecule has 166 valence electrons. The van der Waals surface area contributed by atoms with Crippen LogP contribution in [0, 0.1) is 0 Å². The van der Waals surface area contributed by atoms with E-state index in [0.717, 1.165) is 22.8 Å². The van der Waals surface area contributed by atoms with Crippen molar-refractivity contribution >= 4 is 27.5 Å². The van der Waals surface area contributed by atoms with Crippen LogP contribution in [-0.4, -0.2) is 20.7 Å². The number of aromatic nitrogens is 3. The van der Waals surface area contributed by atoms with Crippen LogP contribution in [0.25, 0.3) is 22.5 Å². The lowest BCUT2D eigenvalue weighted by molar-refractivity contribution is -0.138. The lowest BCUT2D eigenvalue weighted by Gasteiger charge is -2.18. The second kappa shape index (κ2) is 7.84. The van der Waals surface area contributed by atoms with Crippen LogP contribution in [-0.2, 0) is 19.8 Å². The zero-order chi connectivity index (χ0) is 23.3. The molecule has 0 radical (unpaired) electrons. The van der Waals surface area contributed by atoms with E-state index in [-0.39, 0.29) is 22.1 Å². The van der Waals surface area contributed by atoms with Gasteiger partial charge in [0.15, 0.2) is 5.82 Å². The molecule has 2 heterocycles. The molecule has 1 aromatic heterocycles. The monoisotopic (exact) mass is 512 g/mol. The molecule has 0 N–H and O–H groups in total. The van der Waals surface area contributed by atoms with Crippen molar-refractivity contribution in [1.29, 1.82) is 0 Å². The fraction of sp³-hybridized carbons (Fsp3) is 0.125. The van der Waals surface area contributed by atoms with Gasteiger partial charge in [0.1, 0.15) is 6.33 Å². The molecule has 3 aromatic carbocycles. The standard InChI is InChI=1S/C24H16BrF3N4O/c1-31-13-29-30-22(31)18-8-3-2-7-17(18)14-5-4-6-16(9-14)32-12-20-19(23(32)33)10-15(25)11-21(20)24(26,27)28/h2-11,13H,12H2,1H3. The minimum atomic E-state index is -4.55. The number of fused-ring (bicyclic) bond motifs is 1. The molecule has 0 unspecified atom stereocenters. The molecule has 0 bridgehead atoms. The van der Waals surface area contributed by atoms with E-state index < -0.39 is 17.6 Å². The fourth-order valence-electron chi connectivity index (χ4n) is 4.13. The topological polar surface area (TPSA) is 51.0 Å². The molecule has 9 heteroatoms. The molecule has 0 atom stereocenters. The Balaban J connectivity index is 1.57. The van der Waals surface area contributed by atoms with Crippen LogP contribution in [0.5, 0.6) is 0 Å². The highest BCUT2D eigenvalue weighted by atomic mass is 79.9. The van der Waals surface area contributed by atoms with Crippen molar-refractivity contribution in [3.63, 3.8) is 0 Å². The largest absolute Gasteiger partial charge is 0.416 e. The summed E-state index contributed by atoms with van der Waals surface area (Å²) in [6, 6.07) is 17.3. The quantitative estimate of drug-likeness (QED) is 0.333. The average Bonchev–Trinajstić information content (AvgIpc) is 3.36. The van der Waals surface area contributed by atoms with E-state index in [2.05, 4.69) is 26.1 Å². The van der Waals surface area contributed by atoms with Crippen LogP contribution in [0.3, 0.4) is 0 Å². The molecule has 4 aromatic rings. The Morgan fingerprint density at radius 3 is 2.42 bits per heavy atom. The number of anilines is 1. The molecular weight excluding hydrogens is 497 g/mol. The highest BCUT2D eigenvalue weighted by Gasteiger charge is 2.40. The van der Waals surface area contributed by atoms with Crippen molar-refractivity contribution in [2.45, 2.75) is 12.7 Å². The Bertz CT molecular complexity index is 1400. The number of alkyl halides is 3. The first kappa shape index (κ1) is 21.4. The summed E-state index contributed by atoms with van der Waals surface area (Å²) in [4.78, 5) is 14.5. The van der Waals surface area contributed by atoms with Crippen LogP contribution in [0.1, 0.15) is 21.5 Å². The van der Waals surface area contributed by atoms with Gasteiger partial charge in [0.25, 0.3) is 5.91 Å². The fourth-order valence-corrected chi connectivity index (χ4v) is 4.59. The lowest BCUT2D eigenvalue weighted by Crippen LogP contribution is -2.23. The Morgan fingerprint density at radius 1 is 0.970 bits per heavy atom. The zero-order valence-electron chi connectivity index (χ0n) is 17.3.